The number of rotatable bonds is 9. The normalized spacial score (nSPS) is 15.3. The summed E-state index contributed by atoms with van der Waals surface area (Å²) in [5, 5.41) is 6.00. The van der Waals surface area contributed by atoms with Gasteiger partial charge in [0, 0.05) is 24.0 Å². The van der Waals surface area contributed by atoms with Crippen LogP contribution in [-0.2, 0) is 9.53 Å². The fraction of sp³-hybridized carbons (Fsp3) is 0.240. The molecule has 3 aromatic rings. The second-order valence-electron chi connectivity index (χ2n) is 7.32. The predicted molar refractivity (Wildman–Crippen MR) is 121 cm³/mol. The van der Waals surface area contributed by atoms with Gasteiger partial charge in [0.05, 0.1) is 12.6 Å². The maximum Gasteiger partial charge on any atom is 0.243 e. The average molecular weight is 418 g/mol. The number of benzene rings is 3. The molecule has 1 unspecified atom stereocenters. The summed E-state index contributed by atoms with van der Waals surface area (Å²) < 4.78 is 17.1. The summed E-state index contributed by atoms with van der Waals surface area (Å²) in [6.45, 7) is 1.51. The smallest absolute Gasteiger partial charge is 0.243 e. The zero-order chi connectivity index (χ0) is 21.3. The van der Waals surface area contributed by atoms with Gasteiger partial charge in [-0.2, -0.15) is 0 Å². The molecule has 0 saturated carbocycles. The Kier molecular flexibility index (Phi) is 7.03. The topological polar surface area (TPSA) is 68.8 Å². The van der Waals surface area contributed by atoms with Gasteiger partial charge in [0.1, 0.15) is 23.9 Å². The van der Waals surface area contributed by atoms with E-state index in [1.807, 2.05) is 78.9 Å². The number of para-hydroxylation sites is 1. The third kappa shape index (κ3) is 6.49. The second kappa shape index (κ2) is 10.5. The molecular weight excluding hydrogens is 392 g/mol. The van der Waals surface area contributed by atoms with E-state index in [4.69, 9.17) is 14.2 Å². The summed E-state index contributed by atoms with van der Waals surface area (Å²) in [4.78, 5) is 12.3. The van der Waals surface area contributed by atoms with Crippen LogP contribution in [0.15, 0.2) is 78.9 Å². The lowest BCUT2D eigenvalue weighted by atomic mass is 10.2. The molecule has 0 aliphatic carbocycles. The first-order valence-corrected chi connectivity index (χ1v) is 10.5. The lowest BCUT2D eigenvalue weighted by Gasteiger charge is -2.13. The van der Waals surface area contributed by atoms with Crippen LogP contribution in [0.25, 0.3) is 0 Å². The third-order valence-corrected chi connectivity index (χ3v) is 4.86. The minimum Gasteiger partial charge on any atom is -0.491 e. The first-order valence-electron chi connectivity index (χ1n) is 10.5. The van der Waals surface area contributed by atoms with Crippen LogP contribution in [0.2, 0.25) is 0 Å². The molecule has 1 aliphatic rings. The molecule has 0 aromatic heterocycles. The van der Waals surface area contributed by atoms with E-state index in [2.05, 4.69) is 10.6 Å². The van der Waals surface area contributed by atoms with E-state index in [-0.39, 0.29) is 18.6 Å². The average Bonchev–Trinajstić information content (AvgIpc) is 3.33. The van der Waals surface area contributed by atoms with Crippen molar-refractivity contribution in [1.82, 2.24) is 0 Å². The van der Waals surface area contributed by atoms with Gasteiger partial charge in [-0.05, 0) is 61.4 Å². The maximum atomic E-state index is 12.3. The van der Waals surface area contributed by atoms with Crippen molar-refractivity contribution in [3.63, 3.8) is 0 Å². The number of anilines is 2. The highest BCUT2D eigenvalue weighted by Gasteiger charge is 2.16. The van der Waals surface area contributed by atoms with Crippen molar-refractivity contribution in [1.29, 1.82) is 0 Å². The van der Waals surface area contributed by atoms with Gasteiger partial charge in [0.2, 0.25) is 5.91 Å². The summed E-state index contributed by atoms with van der Waals surface area (Å²) in [6.07, 6.45) is 2.30. The van der Waals surface area contributed by atoms with Gasteiger partial charge in [0.15, 0.2) is 0 Å². The van der Waals surface area contributed by atoms with Gasteiger partial charge in [-0.3, -0.25) is 4.79 Å². The Hall–Kier alpha value is -3.51. The number of carbonyl (C=O) groups is 1. The second-order valence-corrected chi connectivity index (χ2v) is 7.32. The SMILES string of the molecule is O=C(CNc1cccc(OCC2CCCO2)c1)Nc1ccc(Oc2ccccc2)cc1. The lowest BCUT2D eigenvalue weighted by Crippen LogP contribution is -2.21. The molecule has 1 saturated heterocycles. The van der Waals surface area contributed by atoms with Crippen LogP contribution in [0.3, 0.4) is 0 Å². The van der Waals surface area contributed by atoms with Crippen LogP contribution in [0.4, 0.5) is 11.4 Å². The molecule has 3 aromatic carbocycles. The highest BCUT2D eigenvalue weighted by molar-refractivity contribution is 5.93. The van der Waals surface area contributed by atoms with Crippen LogP contribution in [0.1, 0.15) is 12.8 Å². The Morgan fingerprint density at radius 2 is 1.68 bits per heavy atom. The molecule has 1 atom stereocenters. The monoisotopic (exact) mass is 418 g/mol. The number of ether oxygens (including phenoxy) is 3. The van der Waals surface area contributed by atoms with Crippen molar-refractivity contribution in [3.8, 4) is 17.2 Å². The van der Waals surface area contributed by atoms with Gasteiger partial charge in [-0.15, -0.1) is 0 Å². The largest absolute Gasteiger partial charge is 0.491 e. The molecule has 2 N–H and O–H groups in total. The van der Waals surface area contributed by atoms with Gasteiger partial charge in [0.25, 0.3) is 0 Å². The van der Waals surface area contributed by atoms with E-state index in [1.165, 1.54) is 0 Å². The van der Waals surface area contributed by atoms with Crippen molar-refractivity contribution in [3.05, 3.63) is 78.9 Å². The molecule has 1 amide bonds. The molecular formula is C25H26N2O4. The van der Waals surface area contributed by atoms with Crippen molar-refractivity contribution in [2.45, 2.75) is 18.9 Å². The van der Waals surface area contributed by atoms with E-state index in [9.17, 15) is 4.79 Å². The molecule has 6 heteroatoms. The summed E-state index contributed by atoms with van der Waals surface area (Å²) in [6, 6.07) is 24.4. The van der Waals surface area contributed by atoms with E-state index < -0.39 is 0 Å². The Labute approximate surface area is 182 Å². The highest BCUT2D eigenvalue weighted by Crippen LogP contribution is 2.23. The van der Waals surface area contributed by atoms with Crippen LogP contribution in [-0.4, -0.2) is 31.8 Å². The van der Waals surface area contributed by atoms with Gasteiger partial charge in [-0.1, -0.05) is 24.3 Å². The molecule has 1 fully saturated rings. The van der Waals surface area contributed by atoms with Gasteiger partial charge in [-0.25, -0.2) is 0 Å². The lowest BCUT2D eigenvalue weighted by molar-refractivity contribution is -0.114. The summed E-state index contributed by atoms with van der Waals surface area (Å²) in [5.74, 6) is 2.10. The molecule has 1 aliphatic heterocycles. The molecule has 6 nitrogen and oxygen atoms in total. The van der Waals surface area contributed by atoms with E-state index in [1.54, 1.807) is 0 Å². The van der Waals surface area contributed by atoms with Crippen LogP contribution >= 0.6 is 0 Å². The summed E-state index contributed by atoms with van der Waals surface area (Å²) >= 11 is 0. The number of hydrogen-bond donors (Lipinski definition) is 2. The number of amides is 1. The molecule has 160 valence electrons. The van der Waals surface area contributed by atoms with Crippen LogP contribution in [0, 0.1) is 0 Å². The Morgan fingerprint density at radius 3 is 2.45 bits per heavy atom. The van der Waals surface area contributed by atoms with Crippen molar-refractivity contribution < 1.29 is 19.0 Å². The van der Waals surface area contributed by atoms with Gasteiger partial charge >= 0.3 is 0 Å². The third-order valence-electron chi connectivity index (χ3n) is 4.86. The maximum absolute atomic E-state index is 12.3. The van der Waals surface area contributed by atoms with E-state index >= 15 is 0 Å². The molecule has 1 heterocycles. The highest BCUT2D eigenvalue weighted by atomic mass is 16.5. The Balaban J connectivity index is 1.23. The summed E-state index contributed by atoms with van der Waals surface area (Å²) in [7, 11) is 0. The van der Waals surface area contributed by atoms with Gasteiger partial charge < -0.3 is 24.8 Å². The van der Waals surface area contributed by atoms with Crippen molar-refractivity contribution >= 4 is 17.3 Å². The Morgan fingerprint density at radius 1 is 0.903 bits per heavy atom. The molecule has 31 heavy (non-hydrogen) atoms. The number of hydrogen-bond acceptors (Lipinski definition) is 5. The summed E-state index contributed by atoms with van der Waals surface area (Å²) in [5.41, 5.74) is 1.53. The molecule has 0 radical (unpaired) electrons. The zero-order valence-electron chi connectivity index (χ0n) is 17.3. The fourth-order valence-electron chi connectivity index (χ4n) is 3.28. The molecule has 4 rings (SSSR count). The Bertz CT molecular complexity index is 970. The minimum atomic E-state index is -0.137. The first kappa shape index (κ1) is 20.8. The van der Waals surface area contributed by atoms with Crippen LogP contribution < -0.4 is 20.1 Å². The standard InChI is InChI=1S/C25H26N2O4/c28-25(27-19-11-13-22(14-12-19)31-21-7-2-1-3-8-21)17-26-20-6-4-9-23(16-20)30-18-24-10-5-15-29-24/h1-4,6-9,11-14,16,24,26H,5,10,15,17-18H2,(H,27,28). The molecule has 0 bridgehead atoms. The predicted octanol–water partition coefficient (Wildman–Crippen LogP) is 5.09. The van der Waals surface area contributed by atoms with E-state index in [0.29, 0.717) is 18.0 Å². The zero-order valence-corrected chi connectivity index (χ0v) is 17.3. The van der Waals surface area contributed by atoms with Crippen LogP contribution in [0.5, 0.6) is 17.2 Å². The van der Waals surface area contributed by atoms with Crippen molar-refractivity contribution in [2.75, 3.05) is 30.4 Å². The van der Waals surface area contributed by atoms with E-state index in [0.717, 1.165) is 36.6 Å². The quantitative estimate of drug-likeness (QED) is 0.507. The first-order chi connectivity index (χ1) is 15.2. The van der Waals surface area contributed by atoms with Crippen molar-refractivity contribution in [2.24, 2.45) is 0 Å². The minimum absolute atomic E-state index is 0.137. The number of nitrogens with one attached hydrogen (secondary N) is 2. The number of carbonyl (C=O) groups excluding carboxylic acids is 1. The molecule has 0 spiro atoms. The fourth-order valence-corrected chi connectivity index (χ4v) is 3.28.